The molecule has 4 rings (SSSR count). The number of nitrogens with one attached hydrogen (secondary N) is 3. The average molecular weight is 648 g/mol. The van der Waals surface area contributed by atoms with Gasteiger partial charge >= 0.3 is 12.1 Å². The van der Waals surface area contributed by atoms with Crippen molar-refractivity contribution in [1.29, 1.82) is 0 Å². The van der Waals surface area contributed by atoms with Gasteiger partial charge in [-0.25, -0.2) is 9.59 Å². The predicted octanol–water partition coefficient (Wildman–Crippen LogP) is 4.20. The number of aliphatic imine (C=N–C) groups is 1. The highest BCUT2D eigenvalue weighted by atomic mass is 35.5. The Bertz CT molecular complexity index is 1500. The molecule has 0 radical (unpaired) electrons. The van der Waals surface area contributed by atoms with E-state index in [1.54, 1.807) is 30.3 Å². The minimum atomic E-state index is -1.04. The summed E-state index contributed by atoms with van der Waals surface area (Å²) in [6.07, 6.45) is 1.58. The Morgan fingerprint density at radius 2 is 1.63 bits per heavy atom. The van der Waals surface area contributed by atoms with Crippen molar-refractivity contribution in [3.63, 3.8) is 0 Å². The molecule has 0 aliphatic heterocycles. The van der Waals surface area contributed by atoms with E-state index in [0.29, 0.717) is 18.8 Å². The smallest absolute Gasteiger partial charge is 0.407 e. The van der Waals surface area contributed by atoms with Crippen molar-refractivity contribution in [2.75, 3.05) is 26.9 Å². The van der Waals surface area contributed by atoms with E-state index in [9.17, 15) is 14.4 Å². The van der Waals surface area contributed by atoms with Gasteiger partial charge in [0.2, 0.25) is 11.9 Å². The van der Waals surface area contributed by atoms with Crippen molar-refractivity contribution < 1.29 is 28.6 Å². The van der Waals surface area contributed by atoms with Gasteiger partial charge in [0.25, 0.3) is 0 Å². The Morgan fingerprint density at radius 1 is 0.978 bits per heavy atom. The molecule has 0 aromatic heterocycles. The predicted molar refractivity (Wildman–Crippen MR) is 176 cm³/mol. The second kappa shape index (κ2) is 16.9. The van der Waals surface area contributed by atoms with Crippen LogP contribution in [0.4, 0.5) is 4.79 Å². The highest BCUT2D eigenvalue weighted by molar-refractivity contribution is 6.21. The number of rotatable bonds is 15. The third-order valence-corrected chi connectivity index (χ3v) is 7.71. The lowest BCUT2D eigenvalue weighted by atomic mass is 9.98. The monoisotopic (exact) mass is 647 g/mol. The van der Waals surface area contributed by atoms with E-state index >= 15 is 0 Å². The molecule has 0 unspecified atom stereocenters. The number of hydrogen-bond acceptors (Lipinski definition) is 7. The van der Waals surface area contributed by atoms with E-state index in [1.165, 1.54) is 7.11 Å². The summed E-state index contributed by atoms with van der Waals surface area (Å²) in [4.78, 5) is 45.6. The lowest BCUT2D eigenvalue weighted by molar-refractivity contribution is -0.145. The first-order chi connectivity index (χ1) is 22.3. The fraction of sp³-hybridized carbons (Fsp3) is 0.294. The van der Waals surface area contributed by atoms with Crippen LogP contribution >= 0.6 is 11.8 Å². The normalized spacial score (nSPS) is 13.4. The molecule has 0 fully saturated rings. The van der Waals surface area contributed by atoms with Crippen LogP contribution in [0.25, 0.3) is 11.1 Å². The molecule has 0 spiro atoms. The van der Waals surface area contributed by atoms with E-state index in [2.05, 4.69) is 27.0 Å². The van der Waals surface area contributed by atoms with Crippen molar-refractivity contribution in [3.05, 3.63) is 102 Å². The number of halogens is 1. The molecule has 5 N–H and O–H groups in total. The number of carbonyl (C=O) groups excluding carboxylic acids is 3. The van der Waals surface area contributed by atoms with Crippen molar-refractivity contribution in [3.8, 4) is 16.9 Å². The Labute approximate surface area is 273 Å². The van der Waals surface area contributed by atoms with Crippen LogP contribution in [0.3, 0.4) is 0 Å². The van der Waals surface area contributed by atoms with Crippen LogP contribution in [-0.2, 0) is 25.5 Å². The first kappa shape index (κ1) is 33.9. The molecule has 2 amide bonds. The van der Waals surface area contributed by atoms with Gasteiger partial charge in [-0.3, -0.25) is 14.6 Å². The summed E-state index contributed by atoms with van der Waals surface area (Å²) in [6, 6.07) is 21.1. The van der Waals surface area contributed by atoms with Crippen molar-refractivity contribution in [2.45, 2.75) is 37.3 Å². The van der Waals surface area contributed by atoms with Gasteiger partial charge in [-0.15, -0.1) is 0 Å². The van der Waals surface area contributed by atoms with Crippen LogP contribution in [0, 0.1) is 0 Å². The second-order valence-corrected chi connectivity index (χ2v) is 10.7. The molecule has 2 atom stereocenters. The van der Waals surface area contributed by atoms with Crippen molar-refractivity contribution >= 4 is 35.7 Å². The van der Waals surface area contributed by atoms with Crippen LogP contribution in [0.15, 0.2) is 90.4 Å². The lowest BCUT2D eigenvalue weighted by Gasteiger charge is -2.23. The molecule has 12 heteroatoms. The minimum Gasteiger partial charge on any atom is -0.490 e. The summed E-state index contributed by atoms with van der Waals surface area (Å²) < 4.78 is 16.1. The van der Waals surface area contributed by atoms with Crippen LogP contribution in [-0.4, -0.2) is 62.9 Å². The molecule has 46 heavy (non-hydrogen) atoms. The third kappa shape index (κ3) is 9.01. The molecular weight excluding hydrogens is 610 g/mol. The maximum absolute atomic E-state index is 13.5. The summed E-state index contributed by atoms with van der Waals surface area (Å²) in [7, 11) is 1.24. The molecule has 11 nitrogen and oxygen atoms in total. The Hall–Kier alpha value is -5.03. The summed E-state index contributed by atoms with van der Waals surface area (Å²) in [6.45, 7) is 4.31. The number of carbonyl (C=O) groups is 3. The number of esters is 1. The van der Waals surface area contributed by atoms with Gasteiger partial charge in [0.15, 0.2) is 0 Å². The average Bonchev–Trinajstić information content (AvgIpc) is 3.40. The van der Waals surface area contributed by atoms with Gasteiger partial charge < -0.3 is 30.6 Å². The quantitative estimate of drug-likeness (QED) is 0.0478. The topological polar surface area (TPSA) is 153 Å². The molecule has 1 aliphatic carbocycles. The van der Waals surface area contributed by atoms with Crippen LogP contribution < -0.4 is 25.9 Å². The molecule has 0 saturated carbocycles. The second-order valence-electron chi connectivity index (χ2n) is 10.6. The number of fused-ring (bicyclic) bond motifs is 3. The molecular formula is C34H38ClN5O6. The summed E-state index contributed by atoms with van der Waals surface area (Å²) in [5.41, 5.74) is 10.7. The van der Waals surface area contributed by atoms with E-state index in [4.69, 9.17) is 31.7 Å². The van der Waals surface area contributed by atoms with E-state index in [1.807, 2.05) is 48.5 Å². The zero-order valence-electron chi connectivity index (χ0n) is 25.5. The Balaban J connectivity index is 1.43. The van der Waals surface area contributed by atoms with Gasteiger partial charge in [-0.1, -0.05) is 73.3 Å². The zero-order valence-corrected chi connectivity index (χ0v) is 26.3. The van der Waals surface area contributed by atoms with Crippen molar-refractivity contribution in [1.82, 2.24) is 15.5 Å². The Morgan fingerprint density at radius 3 is 2.24 bits per heavy atom. The number of nitrogens with two attached hydrogens (primary N) is 1. The highest BCUT2D eigenvalue weighted by Crippen LogP contribution is 2.44. The fourth-order valence-electron chi connectivity index (χ4n) is 5.30. The van der Waals surface area contributed by atoms with E-state index < -0.39 is 30.1 Å². The number of benzene rings is 3. The summed E-state index contributed by atoms with van der Waals surface area (Å²) >= 11 is 5.46. The molecule has 0 saturated heterocycles. The highest BCUT2D eigenvalue weighted by Gasteiger charge is 2.31. The first-order valence-corrected chi connectivity index (χ1v) is 15.2. The zero-order chi connectivity index (χ0) is 32.9. The van der Waals surface area contributed by atoms with Crippen molar-refractivity contribution in [2.24, 2.45) is 10.7 Å². The van der Waals surface area contributed by atoms with Gasteiger partial charge in [-0.05, 0) is 52.8 Å². The van der Waals surface area contributed by atoms with E-state index in [0.717, 1.165) is 27.8 Å². The number of hydrogen-bond donors (Lipinski definition) is 4. The molecule has 0 heterocycles. The standard InChI is InChI=1S/C34H38ClN5O6/c1-3-19-45-23-16-14-22(15-17-23)20-30(32(42)44-2)38-31(41)29(13-8-18-37-33(36)40-35)39-34(43)46-21-28-26-11-6-4-9-24(26)25-10-5-7-12-27(25)28/h3-7,9-12,14-17,28-30H,1,8,13,18-21H2,2H3,(H,38,41)(H,39,43)(H3,36,37,40)/t29-,30-/m0/s1. The van der Waals surface area contributed by atoms with Crippen LogP contribution in [0.1, 0.15) is 35.4 Å². The van der Waals surface area contributed by atoms with Gasteiger partial charge in [0.05, 0.1) is 7.11 Å². The number of alkyl carbamates (subject to hydrolysis) is 1. The van der Waals surface area contributed by atoms with Gasteiger partial charge in [0, 0.05) is 30.7 Å². The molecule has 1 aliphatic rings. The number of ether oxygens (including phenoxy) is 3. The molecule has 3 aromatic carbocycles. The number of amides is 2. The summed E-state index contributed by atoms with van der Waals surface area (Å²) in [5.74, 6) is -0.697. The van der Waals surface area contributed by atoms with E-state index in [-0.39, 0.29) is 37.9 Å². The van der Waals surface area contributed by atoms with Gasteiger partial charge in [-0.2, -0.15) is 0 Å². The third-order valence-electron chi connectivity index (χ3n) is 7.52. The lowest BCUT2D eigenvalue weighted by Crippen LogP contribution is -2.52. The number of guanidine groups is 1. The Kier molecular flexibility index (Phi) is 12.4. The van der Waals surface area contributed by atoms with Crippen LogP contribution in [0.2, 0.25) is 0 Å². The largest absolute Gasteiger partial charge is 0.490 e. The first-order valence-electron chi connectivity index (χ1n) is 14.8. The molecule has 0 bridgehead atoms. The maximum Gasteiger partial charge on any atom is 0.407 e. The fourth-order valence-corrected chi connectivity index (χ4v) is 5.36. The van der Waals surface area contributed by atoms with Crippen LogP contribution in [0.5, 0.6) is 5.75 Å². The number of methoxy groups -OCH3 is 1. The molecule has 3 aromatic rings. The SMILES string of the molecule is C=CCOc1ccc(C[C@H](NC(=O)[C@H](CCCN=C(N)NCl)NC(=O)OCC2c3ccccc3-c3ccccc32)C(=O)OC)cc1. The van der Waals surface area contributed by atoms with Gasteiger partial charge in [0.1, 0.15) is 31.0 Å². The minimum absolute atomic E-state index is 0.0267. The summed E-state index contributed by atoms with van der Waals surface area (Å²) in [5, 5.41) is 5.41. The molecule has 242 valence electrons. The maximum atomic E-state index is 13.5. The number of nitrogens with zero attached hydrogens (tertiary/aromatic N) is 1.